The molecule has 6 nitrogen and oxygen atoms in total. The van der Waals surface area contributed by atoms with Gasteiger partial charge in [0.05, 0.1) is 22.1 Å². The van der Waals surface area contributed by atoms with Gasteiger partial charge in [-0.3, -0.25) is 14.3 Å². The summed E-state index contributed by atoms with van der Waals surface area (Å²) in [7, 11) is 0. The van der Waals surface area contributed by atoms with Crippen LogP contribution in [-0.4, -0.2) is 19.5 Å². The van der Waals surface area contributed by atoms with Gasteiger partial charge in [-0.15, -0.1) is 0 Å². The Bertz CT molecular complexity index is 1510. The van der Waals surface area contributed by atoms with Gasteiger partial charge in [0.25, 0.3) is 5.56 Å². The Kier molecular flexibility index (Phi) is 7.34. The summed E-state index contributed by atoms with van der Waals surface area (Å²) in [5.41, 5.74) is 5.08. The largest absolute Gasteiger partial charge is 0.487 e. The number of halogens is 2. The van der Waals surface area contributed by atoms with E-state index in [0.717, 1.165) is 16.7 Å². The summed E-state index contributed by atoms with van der Waals surface area (Å²) in [5.74, 6) is 1.19. The summed E-state index contributed by atoms with van der Waals surface area (Å²) < 4.78 is 7.87. The Labute approximate surface area is 224 Å². The van der Waals surface area contributed by atoms with E-state index in [2.05, 4.69) is 52.7 Å². The minimum absolute atomic E-state index is 0.218. The van der Waals surface area contributed by atoms with Gasteiger partial charge in [0.2, 0.25) is 0 Å². The summed E-state index contributed by atoms with van der Waals surface area (Å²) in [4.78, 5) is 27.2. The fourth-order valence-corrected chi connectivity index (χ4v) is 4.43. The van der Waals surface area contributed by atoms with Crippen LogP contribution in [0.15, 0.2) is 58.1 Å². The molecule has 0 radical (unpaired) electrons. The van der Waals surface area contributed by atoms with Crippen molar-refractivity contribution < 1.29 is 4.74 Å². The average Bonchev–Trinajstić information content (AvgIpc) is 2.81. The Morgan fingerprint density at radius 2 is 1.81 bits per heavy atom. The number of nitrogens with zero attached hydrogens (tertiary/aromatic N) is 4. The van der Waals surface area contributed by atoms with Gasteiger partial charge in [0.1, 0.15) is 22.7 Å². The zero-order chi connectivity index (χ0) is 26.2. The zero-order valence-electron chi connectivity index (χ0n) is 21.2. The molecule has 0 unspecified atom stereocenters. The van der Waals surface area contributed by atoms with Gasteiger partial charge in [-0.2, -0.15) is 0 Å². The van der Waals surface area contributed by atoms with Gasteiger partial charge < -0.3 is 4.74 Å². The highest BCUT2D eigenvalue weighted by Gasteiger charge is 2.21. The Morgan fingerprint density at radius 1 is 1.06 bits per heavy atom. The highest BCUT2D eigenvalue weighted by Crippen LogP contribution is 2.30. The molecule has 36 heavy (non-hydrogen) atoms. The molecule has 4 rings (SSSR count). The van der Waals surface area contributed by atoms with Crippen LogP contribution in [0.1, 0.15) is 49.0 Å². The van der Waals surface area contributed by atoms with Crippen LogP contribution < -0.4 is 10.3 Å². The molecule has 1 aromatic carbocycles. The summed E-state index contributed by atoms with van der Waals surface area (Å²) in [6.45, 7) is 12.3. The van der Waals surface area contributed by atoms with Crippen LogP contribution in [0, 0.1) is 20.8 Å². The minimum atomic E-state index is -0.275. The lowest BCUT2D eigenvalue weighted by Gasteiger charge is -2.19. The second kappa shape index (κ2) is 10.1. The first-order chi connectivity index (χ1) is 17.0. The predicted molar refractivity (Wildman–Crippen MR) is 147 cm³/mol. The molecule has 0 saturated carbocycles. The lowest BCUT2D eigenvalue weighted by Crippen LogP contribution is -2.22. The number of aryl methyl sites for hydroxylation is 3. The molecule has 0 saturated heterocycles. The van der Waals surface area contributed by atoms with Gasteiger partial charge >= 0.3 is 0 Å². The molecular formula is C28H28BrClN4O2. The van der Waals surface area contributed by atoms with Crippen molar-refractivity contribution in [1.29, 1.82) is 0 Å². The molecule has 0 bridgehead atoms. The van der Waals surface area contributed by atoms with E-state index in [4.69, 9.17) is 21.3 Å². The number of hydrogen-bond donors (Lipinski definition) is 0. The molecule has 0 amide bonds. The van der Waals surface area contributed by atoms with Crippen molar-refractivity contribution in [2.45, 2.75) is 53.6 Å². The van der Waals surface area contributed by atoms with Crippen molar-refractivity contribution in [2.24, 2.45) is 0 Å². The third kappa shape index (κ3) is 5.37. The predicted octanol–water partition coefficient (Wildman–Crippen LogP) is 6.91. The third-order valence-electron chi connectivity index (χ3n) is 5.74. The van der Waals surface area contributed by atoms with Crippen molar-refractivity contribution >= 4 is 27.5 Å². The maximum absolute atomic E-state index is 13.5. The summed E-state index contributed by atoms with van der Waals surface area (Å²) in [5, 5.41) is 0.354. The van der Waals surface area contributed by atoms with Crippen molar-refractivity contribution in [3.8, 4) is 22.8 Å². The van der Waals surface area contributed by atoms with Crippen LogP contribution >= 0.6 is 27.5 Å². The van der Waals surface area contributed by atoms with E-state index in [-0.39, 0.29) is 11.0 Å². The smallest absolute Gasteiger partial charge is 0.273 e. The number of benzene rings is 1. The van der Waals surface area contributed by atoms with E-state index < -0.39 is 0 Å². The molecule has 3 aromatic heterocycles. The highest BCUT2D eigenvalue weighted by atomic mass is 79.9. The first-order valence-corrected chi connectivity index (χ1v) is 12.7. The fraction of sp³-hybridized carbons (Fsp3) is 0.286. The highest BCUT2D eigenvalue weighted by molar-refractivity contribution is 9.10. The molecule has 0 atom stereocenters. The lowest BCUT2D eigenvalue weighted by atomic mass is 9.95. The molecule has 0 aliphatic rings. The molecule has 3 heterocycles. The van der Waals surface area contributed by atoms with E-state index in [1.54, 1.807) is 23.0 Å². The van der Waals surface area contributed by atoms with Crippen molar-refractivity contribution in [2.75, 3.05) is 0 Å². The van der Waals surface area contributed by atoms with E-state index in [0.29, 0.717) is 50.4 Å². The molecular weight excluding hydrogens is 540 g/mol. The fourth-order valence-electron chi connectivity index (χ4n) is 3.84. The van der Waals surface area contributed by atoms with E-state index in [1.165, 1.54) is 0 Å². The zero-order valence-corrected chi connectivity index (χ0v) is 23.5. The van der Waals surface area contributed by atoms with Gasteiger partial charge in [0, 0.05) is 29.6 Å². The number of ether oxygens (including phenoxy) is 1. The van der Waals surface area contributed by atoms with Crippen molar-refractivity contribution in [3.63, 3.8) is 0 Å². The van der Waals surface area contributed by atoms with Gasteiger partial charge in [-0.1, -0.05) is 62.2 Å². The SMILES string of the molecule is Cc1cccc(COc2cc(C)n(-c3cc(-c4nc(C(C)(C)C)ncc4C)ncc3Cl)c(=O)c2Br)c1. The number of pyridine rings is 2. The van der Waals surface area contributed by atoms with E-state index >= 15 is 0 Å². The second-order valence-electron chi connectivity index (χ2n) is 9.88. The monoisotopic (exact) mass is 566 g/mol. The number of rotatable bonds is 5. The summed E-state index contributed by atoms with van der Waals surface area (Å²) in [6.07, 6.45) is 3.35. The van der Waals surface area contributed by atoms with Crippen LogP contribution in [0.2, 0.25) is 5.02 Å². The Morgan fingerprint density at radius 3 is 2.50 bits per heavy atom. The maximum Gasteiger partial charge on any atom is 0.273 e. The van der Waals surface area contributed by atoms with Crippen LogP contribution in [-0.2, 0) is 12.0 Å². The molecule has 0 aliphatic carbocycles. The third-order valence-corrected chi connectivity index (χ3v) is 6.76. The Hall–Kier alpha value is -3.03. The maximum atomic E-state index is 13.5. The average molecular weight is 568 g/mol. The van der Waals surface area contributed by atoms with Crippen molar-refractivity contribution in [3.05, 3.63) is 96.8 Å². The van der Waals surface area contributed by atoms with E-state index in [1.807, 2.05) is 45.0 Å². The molecule has 0 spiro atoms. The Balaban J connectivity index is 1.75. The molecule has 4 aromatic rings. The van der Waals surface area contributed by atoms with Gasteiger partial charge in [-0.25, -0.2) is 9.97 Å². The molecule has 0 aliphatic heterocycles. The molecule has 0 fully saturated rings. The van der Waals surface area contributed by atoms with Crippen molar-refractivity contribution in [1.82, 2.24) is 19.5 Å². The molecule has 186 valence electrons. The number of aromatic nitrogens is 4. The van der Waals surface area contributed by atoms with Gasteiger partial charge in [-0.05, 0) is 53.9 Å². The summed E-state index contributed by atoms with van der Waals surface area (Å²) in [6, 6.07) is 11.7. The molecule has 0 N–H and O–H groups in total. The van der Waals surface area contributed by atoms with Crippen LogP contribution in [0.4, 0.5) is 0 Å². The minimum Gasteiger partial charge on any atom is -0.487 e. The summed E-state index contributed by atoms with van der Waals surface area (Å²) >= 11 is 10.00. The quantitative estimate of drug-likeness (QED) is 0.262. The standard InChI is InChI=1S/C28H28BrClN4O2/c1-16-8-7-9-19(10-16)15-36-23-11-18(3)34(26(35)24(23)29)22-12-21(31-14-20(22)30)25-17(2)13-32-27(33-25)28(4,5)6/h7-14H,15H2,1-6H3. The first-order valence-electron chi connectivity index (χ1n) is 11.6. The normalized spacial score (nSPS) is 11.6. The van der Waals surface area contributed by atoms with Gasteiger partial charge in [0.15, 0.2) is 0 Å². The van der Waals surface area contributed by atoms with Crippen LogP contribution in [0.25, 0.3) is 17.1 Å². The first kappa shape index (κ1) is 26.0. The van der Waals surface area contributed by atoms with E-state index in [9.17, 15) is 4.79 Å². The lowest BCUT2D eigenvalue weighted by molar-refractivity contribution is 0.302. The van der Waals surface area contributed by atoms with Crippen LogP contribution in [0.3, 0.4) is 0 Å². The number of hydrogen-bond acceptors (Lipinski definition) is 5. The topological polar surface area (TPSA) is 69.9 Å². The van der Waals surface area contributed by atoms with Crippen LogP contribution in [0.5, 0.6) is 5.75 Å². The second-order valence-corrected chi connectivity index (χ2v) is 11.1. The molecule has 8 heteroatoms.